The van der Waals surface area contributed by atoms with Crippen molar-refractivity contribution in [1.82, 2.24) is 0 Å². The van der Waals surface area contributed by atoms with Gasteiger partial charge in [-0.3, -0.25) is 4.79 Å². The quantitative estimate of drug-likeness (QED) is 0.0280. The van der Waals surface area contributed by atoms with Gasteiger partial charge in [-0.2, -0.15) is 0 Å². The van der Waals surface area contributed by atoms with Crippen LogP contribution in [0.2, 0.25) is 0 Å². The summed E-state index contributed by atoms with van der Waals surface area (Å²) in [5, 5.41) is 71.8. The largest absolute Gasteiger partial charge is 0.457 e. The molecule has 0 aromatic heterocycles. The standard InChI is InChI=1S/C45H76O14/c1-3-5-7-9-11-13-14-15-16-17-18-19-21-23-25-27-29-54-31-34(57-37(47)28-26-24-22-20-12-10-8-6-4-2)32-55-44-43(53)41(51)39(49)36(59-44)33-56-45-42(52)40(50)38(48)35(30-46)58-45/h5,7,11,13,15-16,18-19,23,25,34-36,38-46,48-53H,3-4,6,8-10,12,14,17,20-22,24,26-33H2,1-2H3/b7-5-,13-11-,16-15-,19-18-,25-23-. The van der Waals surface area contributed by atoms with Crippen LogP contribution in [0.1, 0.15) is 117 Å². The molecule has 2 fully saturated rings. The van der Waals surface area contributed by atoms with Crippen molar-refractivity contribution in [3.63, 3.8) is 0 Å². The zero-order chi connectivity index (χ0) is 43.1. The van der Waals surface area contributed by atoms with Gasteiger partial charge in [-0.1, -0.05) is 126 Å². The van der Waals surface area contributed by atoms with Crippen LogP contribution in [0, 0.1) is 0 Å². The first-order valence-electron chi connectivity index (χ1n) is 21.9. The molecule has 0 radical (unpaired) electrons. The molecular weight excluding hydrogens is 764 g/mol. The number of ether oxygens (including phenoxy) is 6. The summed E-state index contributed by atoms with van der Waals surface area (Å²) in [6.45, 7) is 3.28. The van der Waals surface area contributed by atoms with Gasteiger partial charge in [0.25, 0.3) is 0 Å². The van der Waals surface area contributed by atoms with Crippen LogP contribution in [0.5, 0.6) is 0 Å². The van der Waals surface area contributed by atoms with Crippen molar-refractivity contribution in [3.05, 3.63) is 60.8 Å². The van der Waals surface area contributed by atoms with Crippen LogP contribution >= 0.6 is 0 Å². The van der Waals surface area contributed by atoms with Gasteiger partial charge in [0.05, 0.1) is 33.0 Å². The van der Waals surface area contributed by atoms with Crippen molar-refractivity contribution in [1.29, 1.82) is 0 Å². The average molecular weight is 841 g/mol. The van der Waals surface area contributed by atoms with Crippen molar-refractivity contribution in [2.24, 2.45) is 0 Å². The van der Waals surface area contributed by atoms with Gasteiger partial charge in [0.2, 0.25) is 0 Å². The van der Waals surface area contributed by atoms with E-state index in [1.165, 1.54) is 32.1 Å². The number of carbonyl (C=O) groups is 1. The summed E-state index contributed by atoms with van der Waals surface area (Å²) in [5.74, 6) is -0.408. The predicted molar refractivity (Wildman–Crippen MR) is 224 cm³/mol. The minimum Gasteiger partial charge on any atom is -0.457 e. The number of esters is 1. The zero-order valence-corrected chi connectivity index (χ0v) is 35.5. The van der Waals surface area contributed by atoms with Crippen molar-refractivity contribution in [2.75, 3.05) is 33.0 Å². The molecule has 0 aromatic rings. The molecular formula is C45H76O14. The number of allylic oxidation sites excluding steroid dienone is 9. The molecule has 14 nitrogen and oxygen atoms in total. The monoisotopic (exact) mass is 841 g/mol. The molecule has 0 bridgehead atoms. The number of aliphatic hydroxyl groups excluding tert-OH is 7. The van der Waals surface area contributed by atoms with Crippen molar-refractivity contribution < 1.29 is 69.0 Å². The number of hydrogen-bond donors (Lipinski definition) is 7. The van der Waals surface area contributed by atoms with Crippen LogP contribution in [0.15, 0.2) is 60.8 Å². The van der Waals surface area contributed by atoms with Crippen LogP contribution < -0.4 is 0 Å². The van der Waals surface area contributed by atoms with Gasteiger partial charge in [-0.05, 0) is 44.9 Å². The second-order valence-corrected chi connectivity index (χ2v) is 15.1. The molecule has 2 aliphatic heterocycles. The van der Waals surface area contributed by atoms with Crippen LogP contribution in [-0.2, 0) is 33.2 Å². The fourth-order valence-corrected chi connectivity index (χ4v) is 6.46. The Morgan fingerprint density at radius 2 is 1.07 bits per heavy atom. The van der Waals surface area contributed by atoms with E-state index in [0.717, 1.165) is 51.4 Å². The molecule has 2 aliphatic rings. The van der Waals surface area contributed by atoms with Crippen LogP contribution in [0.3, 0.4) is 0 Å². The maximum absolute atomic E-state index is 12.9. The molecule has 0 amide bonds. The SMILES string of the molecule is CC/C=C\C/C=C\C/C=C\C/C=C\C/C=C\CCOCC(COC1OC(COC2OC(CO)C(O)C(O)C2O)C(O)C(O)C1O)OC(=O)CCCCCCCCCCC. The van der Waals surface area contributed by atoms with Gasteiger partial charge in [-0.15, -0.1) is 0 Å². The molecule has 7 N–H and O–H groups in total. The lowest BCUT2D eigenvalue weighted by Gasteiger charge is -2.42. The van der Waals surface area contributed by atoms with Crippen LogP contribution in [0.25, 0.3) is 0 Å². The average Bonchev–Trinajstić information content (AvgIpc) is 3.23. The summed E-state index contributed by atoms with van der Waals surface area (Å²) < 4.78 is 33.9. The van der Waals surface area contributed by atoms with Crippen molar-refractivity contribution in [2.45, 2.75) is 184 Å². The summed E-state index contributed by atoms with van der Waals surface area (Å²) in [5.41, 5.74) is 0. The first-order chi connectivity index (χ1) is 28.6. The maximum Gasteiger partial charge on any atom is 0.306 e. The first kappa shape index (κ1) is 52.8. The van der Waals surface area contributed by atoms with Gasteiger partial charge in [0.15, 0.2) is 12.6 Å². The molecule has 2 heterocycles. The Balaban J connectivity index is 1.86. The van der Waals surface area contributed by atoms with E-state index in [0.29, 0.717) is 19.4 Å². The number of unbranched alkanes of at least 4 members (excludes halogenated alkanes) is 8. The highest BCUT2D eigenvalue weighted by atomic mass is 16.7. The van der Waals surface area contributed by atoms with E-state index < -0.39 is 86.7 Å². The molecule has 59 heavy (non-hydrogen) atoms. The van der Waals surface area contributed by atoms with E-state index in [1.807, 2.05) is 6.08 Å². The summed E-state index contributed by atoms with van der Waals surface area (Å²) in [7, 11) is 0. The molecule has 11 atom stereocenters. The minimum atomic E-state index is -1.72. The number of carbonyl (C=O) groups excluding carboxylic acids is 1. The highest BCUT2D eigenvalue weighted by Gasteiger charge is 2.47. The fraction of sp³-hybridized carbons (Fsp3) is 0.756. The highest BCUT2D eigenvalue weighted by Crippen LogP contribution is 2.26. The number of hydrogen-bond acceptors (Lipinski definition) is 14. The summed E-state index contributed by atoms with van der Waals surface area (Å²) in [6.07, 6.45) is 20.4. The third kappa shape index (κ3) is 22.4. The molecule has 2 rings (SSSR count). The van der Waals surface area contributed by atoms with Gasteiger partial charge >= 0.3 is 5.97 Å². The van der Waals surface area contributed by atoms with Crippen molar-refractivity contribution >= 4 is 5.97 Å². The van der Waals surface area contributed by atoms with E-state index in [4.69, 9.17) is 28.4 Å². The second kappa shape index (κ2) is 33.3. The molecule has 0 spiro atoms. The van der Waals surface area contributed by atoms with Gasteiger partial charge < -0.3 is 64.2 Å². The van der Waals surface area contributed by atoms with E-state index in [-0.39, 0.29) is 19.6 Å². The number of rotatable bonds is 32. The van der Waals surface area contributed by atoms with E-state index in [1.54, 1.807) is 0 Å². The normalized spacial score (nSPS) is 28.6. The summed E-state index contributed by atoms with van der Waals surface area (Å²) >= 11 is 0. The first-order valence-corrected chi connectivity index (χ1v) is 21.9. The molecule has 340 valence electrons. The van der Waals surface area contributed by atoms with E-state index in [9.17, 15) is 40.5 Å². The smallest absolute Gasteiger partial charge is 0.306 e. The molecule has 0 saturated carbocycles. The second-order valence-electron chi connectivity index (χ2n) is 15.1. The summed E-state index contributed by atoms with van der Waals surface area (Å²) in [6, 6.07) is 0. The Bertz CT molecular complexity index is 1210. The lowest BCUT2D eigenvalue weighted by Crippen LogP contribution is -2.61. The Labute approximate surface area is 352 Å². The topological polar surface area (TPSA) is 214 Å². The van der Waals surface area contributed by atoms with Gasteiger partial charge in [0, 0.05) is 6.42 Å². The van der Waals surface area contributed by atoms with Crippen LogP contribution in [0.4, 0.5) is 0 Å². The Morgan fingerprint density at radius 3 is 1.63 bits per heavy atom. The highest BCUT2D eigenvalue weighted by molar-refractivity contribution is 5.69. The molecule has 2 saturated heterocycles. The minimum absolute atomic E-state index is 0.00580. The lowest BCUT2D eigenvalue weighted by molar-refractivity contribution is -0.332. The molecule has 11 unspecified atom stereocenters. The Hall–Kier alpha value is -2.31. The van der Waals surface area contributed by atoms with Crippen molar-refractivity contribution in [3.8, 4) is 0 Å². The predicted octanol–water partition coefficient (Wildman–Crippen LogP) is 4.62. The summed E-state index contributed by atoms with van der Waals surface area (Å²) in [4.78, 5) is 12.9. The van der Waals surface area contributed by atoms with E-state index in [2.05, 4.69) is 68.5 Å². The maximum atomic E-state index is 12.9. The Kier molecular flexibility index (Phi) is 29.8. The third-order valence-electron chi connectivity index (χ3n) is 10.1. The zero-order valence-electron chi connectivity index (χ0n) is 35.5. The van der Waals surface area contributed by atoms with Gasteiger partial charge in [-0.25, -0.2) is 0 Å². The third-order valence-corrected chi connectivity index (χ3v) is 10.1. The fourth-order valence-electron chi connectivity index (χ4n) is 6.46. The van der Waals surface area contributed by atoms with Gasteiger partial charge in [0.1, 0.15) is 54.9 Å². The van der Waals surface area contributed by atoms with Crippen LogP contribution in [-0.4, -0.2) is 142 Å². The Morgan fingerprint density at radius 1 is 0.576 bits per heavy atom. The van der Waals surface area contributed by atoms with E-state index >= 15 is 0 Å². The molecule has 0 aliphatic carbocycles. The molecule has 0 aromatic carbocycles. The number of aliphatic hydroxyl groups is 7. The molecule has 14 heteroatoms. The lowest BCUT2D eigenvalue weighted by atomic mass is 9.98.